The summed E-state index contributed by atoms with van der Waals surface area (Å²) in [5, 5.41) is 8.92. The molecule has 21 heavy (non-hydrogen) atoms. The number of aliphatic hydroxyl groups excluding tert-OH is 1. The molecule has 2 aromatic rings. The van der Waals surface area contributed by atoms with Gasteiger partial charge in [-0.2, -0.15) is 0 Å². The maximum atomic E-state index is 13.7. The van der Waals surface area contributed by atoms with Crippen molar-refractivity contribution < 1.29 is 31.8 Å². The van der Waals surface area contributed by atoms with Gasteiger partial charge in [-0.15, -0.1) is 0 Å². The molecule has 0 amide bonds. The van der Waals surface area contributed by atoms with Crippen molar-refractivity contribution in [2.24, 2.45) is 0 Å². The van der Waals surface area contributed by atoms with Crippen molar-refractivity contribution in [3.05, 3.63) is 46.9 Å². The van der Waals surface area contributed by atoms with E-state index in [1.165, 1.54) is 6.07 Å². The molecule has 1 aromatic heterocycles. The van der Waals surface area contributed by atoms with E-state index in [-0.39, 0.29) is 11.6 Å². The molecule has 0 spiro atoms. The molecule has 0 saturated carbocycles. The summed E-state index contributed by atoms with van der Waals surface area (Å²) in [5.41, 5.74) is -1.44. The minimum atomic E-state index is -2.24. The zero-order valence-corrected chi connectivity index (χ0v) is 10.6. The van der Waals surface area contributed by atoms with E-state index in [9.17, 15) is 22.0 Å². The van der Waals surface area contributed by atoms with Gasteiger partial charge >= 0.3 is 0 Å². The SMILES string of the molecule is COc1nc(CO)ccc1-c1c(F)c(F)c(F)c(F)c1F. The Labute approximate surface area is 115 Å². The van der Waals surface area contributed by atoms with Crippen LogP contribution >= 0.6 is 0 Å². The van der Waals surface area contributed by atoms with Crippen LogP contribution in [0, 0.1) is 29.1 Å². The Balaban J connectivity index is 2.79. The summed E-state index contributed by atoms with van der Waals surface area (Å²) in [5.74, 6) is -10.7. The molecule has 2 rings (SSSR count). The quantitative estimate of drug-likeness (QED) is 0.538. The lowest BCUT2D eigenvalue weighted by Gasteiger charge is -2.12. The predicted molar refractivity (Wildman–Crippen MR) is 61.9 cm³/mol. The van der Waals surface area contributed by atoms with Crippen LogP contribution < -0.4 is 4.74 Å². The third kappa shape index (κ3) is 2.42. The fourth-order valence-electron chi connectivity index (χ4n) is 1.75. The third-order valence-corrected chi connectivity index (χ3v) is 2.75. The summed E-state index contributed by atoms with van der Waals surface area (Å²) >= 11 is 0. The number of methoxy groups -OCH3 is 1. The lowest BCUT2D eigenvalue weighted by Crippen LogP contribution is -2.06. The highest BCUT2D eigenvalue weighted by Gasteiger charge is 2.28. The first-order chi connectivity index (χ1) is 9.92. The second-order valence-electron chi connectivity index (χ2n) is 3.96. The van der Waals surface area contributed by atoms with Gasteiger partial charge < -0.3 is 9.84 Å². The lowest BCUT2D eigenvalue weighted by atomic mass is 10.0. The van der Waals surface area contributed by atoms with E-state index in [0.717, 1.165) is 13.2 Å². The molecule has 8 heteroatoms. The number of benzene rings is 1. The average Bonchev–Trinajstić information content (AvgIpc) is 2.51. The lowest BCUT2D eigenvalue weighted by molar-refractivity contribution is 0.274. The van der Waals surface area contributed by atoms with Crippen molar-refractivity contribution in [3.63, 3.8) is 0 Å². The summed E-state index contributed by atoms with van der Waals surface area (Å²) in [4.78, 5) is 3.71. The van der Waals surface area contributed by atoms with Crippen molar-refractivity contribution in [2.45, 2.75) is 6.61 Å². The number of rotatable bonds is 3. The van der Waals surface area contributed by atoms with Crippen LogP contribution in [0.4, 0.5) is 22.0 Å². The van der Waals surface area contributed by atoms with Crippen molar-refractivity contribution in [1.82, 2.24) is 4.98 Å². The monoisotopic (exact) mass is 305 g/mol. The Kier molecular flexibility index (Phi) is 4.08. The maximum absolute atomic E-state index is 13.7. The molecule has 0 aliphatic heterocycles. The second kappa shape index (κ2) is 5.65. The number of ether oxygens (including phenoxy) is 1. The summed E-state index contributed by atoms with van der Waals surface area (Å²) in [6.07, 6.45) is 0. The molecule has 112 valence electrons. The fraction of sp³-hybridized carbons (Fsp3) is 0.154. The van der Waals surface area contributed by atoms with Crippen LogP contribution in [0.25, 0.3) is 11.1 Å². The molecule has 0 fully saturated rings. The number of hydrogen-bond acceptors (Lipinski definition) is 3. The summed E-state index contributed by atoms with van der Waals surface area (Å²) in [6.45, 7) is -0.478. The highest BCUT2D eigenvalue weighted by molar-refractivity contribution is 5.70. The van der Waals surface area contributed by atoms with Crippen molar-refractivity contribution in [3.8, 4) is 17.0 Å². The zero-order chi connectivity index (χ0) is 15.7. The molecule has 3 nitrogen and oxygen atoms in total. The van der Waals surface area contributed by atoms with Gasteiger partial charge in [-0.25, -0.2) is 26.9 Å². The molecule has 0 radical (unpaired) electrons. The number of pyridine rings is 1. The highest BCUT2D eigenvalue weighted by atomic mass is 19.2. The number of nitrogens with zero attached hydrogens (tertiary/aromatic N) is 1. The molecule has 0 saturated heterocycles. The van der Waals surface area contributed by atoms with E-state index in [2.05, 4.69) is 4.98 Å². The van der Waals surface area contributed by atoms with Gasteiger partial charge in [-0.05, 0) is 12.1 Å². The number of halogens is 5. The Hall–Kier alpha value is -2.22. The third-order valence-electron chi connectivity index (χ3n) is 2.75. The zero-order valence-electron chi connectivity index (χ0n) is 10.6. The molecule has 0 atom stereocenters. The molecular formula is C13H8F5NO2. The molecule has 1 heterocycles. The van der Waals surface area contributed by atoms with Crippen LogP contribution in [-0.4, -0.2) is 17.2 Å². The smallest absolute Gasteiger partial charge is 0.221 e. The fourth-order valence-corrected chi connectivity index (χ4v) is 1.75. The normalized spacial score (nSPS) is 10.8. The van der Waals surface area contributed by atoms with E-state index < -0.39 is 46.8 Å². The molecule has 1 aromatic carbocycles. The van der Waals surface area contributed by atoms with Gasteiger partial charge in [0.15, 0.2) is 23.3 Å². The van der Waals surface area contributed by atoms with Crippen LogP contribution in [0.15, 0.2) is 12.1 Å². The summed E-state index contributed by atoms with van der Waals surface area (Å²) < 4.78 is 71.7. The van der Waals surface area contributed by atoms with Gasteiger partial charge in [0, 0.05) is 0 Å². The minimum absolute atomic E-state index is 0.111. The van der Waals surface area contributed by atoms with E-state index in [1.54, 1.807) is 0 Å². The van der Waals surface area contributed by atoms with E-state index in [0.29, 0.717) is 0 Å². The molecular weight excluding hydrogens is 297 g/mol. The van der Waals surface area contributed by atoms with Crippen LogP contribution in [0.1, 0.15) is 5.69 Å². The van der Waals surface area contributed by atoms with E-state index in [1.807, 2.05) is 0 Å². The first-order valence-electron chi connectivity index (χ1n) is 5.58. The largest absolute Gasteiger partial charge is 0.481 e. The number of aromatic nitrogens is 1. The predicted octanol–water partition coefficient (Wildman–Crippen LogP) is 2.95. The first-order valence-corrected chi connectivity index (χ1v) is 5.58. The molecule has 1 N–H and O–H groups in total. The van der Waals surface area contributed by atoms with Crippen molar-refractivity contribution >= 4 is 0 Å². The van der Waals surface area contributed by atoms with Gasteiger partial charge in [0.2, 0.25) is 11.7 Å². The van der Waals surface area contributed by atoms with E-state index in [4.69, 9.17) is 9.84 Å². The molecule has 0 unspecified atom stereocenters. The molecule has 0 bridgehead atoms. The van der Waals surface area contributed by atoms with Crippen molar-refractivity contribution in [1.29, 1.82) is 0 Å². The Morgan fingerprint density at radius 3 is 1.95 bits per heavy atom. The first kappa shape index (κ1) is 15.2. The van der Waals surface area contributed by atoms with Gasteiger partial charge in [0.1, 0.15) is 0 Å². The molecule has 0 aliphatic rings. The van der Waals surface area contributed by atoms with Gasteiger partial charge in [-0.3, -0.25) is 0 Å². The number of aliphatic hydroxyl groups is 1. The van der Waals surface area contributed by atoms with Gasteiger partial charge in [0.25, 0.3) is 0 Å². The van der Waals surface area contributed by atoms with Crippen LogP contribution in [0.3, 0.4) is 0 Å². The summed E-state index contributed by atoms with van der Waals surface area (Å²) in [7, 11) is 1.11. The standard InChI is InChI=1S/C13H8F5NO2/c1-21-13-6(3-2-5(4-20)19-13)7-8(14)10(16)12(18)11(17)9(7)15/h2-3,20H,4H2,1H3. The minimum Gasteiger partial charge on any atom is -0.481 e. The highest BCUT2D eigenvalue weighted by Crippen LogP contribution is 2.35. The molecule has 0 aliphatic carbocycles. The number of hydrogen-bond donors (Lipinski definition) is 1. The van der Waals surface area contributed by atoms with Crippen LogP contribution in [-0.2, 0) is 6.61 Å². The van der Waals surface area contributed by atoms with E-state index >= 15 is 0 Å². The Morgan fingerprint density at radius 2 is 1.48 bits per heavy atom. The Morgan fingerprint density at radius 1 is 0.952 bits per heavy atom. The summed E-state index contributed by atoms with van der Waals surface area (Å²) in [6, 6.07) is 2.23. The average molecular weight is 305 g/mol. The van der Waals surface area contributed by atoms with Gasteiger partial charge in [-0.1, -0.05) is 0 Å². The second-order valence-corrected chi connectivity index (χ2v) is 3.96. The topological polar surface area (TPSA) is 42.4 Å². The van der Waals surface area contributed by atoms with Crippen molar-refractivity contribution in [2.75, 3.05) is 7.11 Å². The Bertz CT molecular complexity index is 676. The van der Waals surface area contributed by atoms with Gasteiger partial charge in [0.05, 0.1) is 30.5 Å². The van der Waals surface area contributed by atoms with Crippen LogP contribution in [0.2, 0.25) is 0 Å². The maximum Gasteiger partial charge on any atom is 0.221 e. The van der Waals surface area contributed by atoms with Crippen LogP contribution in [0.5, 0.6) is 5.88 Å².